The Kier molecular flexibility index (Phi) is 5.94. The summed E-state index contributed by atoms with van der Waals surface area (Å²) in [4.78, 5) is 26.4. The molecule has 3 aromatic rings. The van der Waals surface area contributed by atoms with Crippen LogP contribution in [0.2, 0.25) is 0 Å². The highest BCUT2D eigenvalue weighted by Crippen LogP contribution is 2.38. The summed E-state index contributed by atoms with van der Waals surface area (Å²) in [5, 5.41) is 10.4. The standard InChI is InChI=1S/C24H26N2O6/c1-30-20-10-15(11-21(31-2)24(20)32-3)12-22(27)25-9-8-19-17(13-25)16-6-4-5-7-18(16)26(19)14-23(28)29/h4-7,10-11H,8-9,12-14H2,1-3H3,(H,28,29). The minimum atomic E-state index is -0.880. The molecule has 168 valence electrons. The summed E-state index contributed by atoms with van der Waals surface area (Å²) in [6, 6.07) is 11.3. The van der Waals surface area contributed by atoms with Crippen LogP contribution in [0.25, 0.3) is 10.9 Å². The van der Waals surface area contributed by atoms with Crippen molar-refractivity contribution < 1.29 is 28.9 Å². The molecule has 0 radical (unpaired) electrons. The fourth-order valence-electron chi connectivity index (χ4n) is 4.45. The highest BCUT2D eigenvalue weighted by Gasteiger charge is 2.27. The Balaban J connectivity index is 1.61. The molecule has 0 unspecified atom stereocenters. The maximum Gasteiger partial charge on any atom is 0.323 e. The first-order chi connectivity index (χ1) is 15.5. The zero-order valence-corrected chi connectivity index (χ0v) is 18.4. The highest BCUT2D eigenvalue weighted by molar-refractivity contribution is 5.88. The zero-order valence-electron chi connectivity index (χ0n) is 18.4. The number of carboxylic acid groups (broad SMARTS) is 1. The van der Waals surface area contributed by atoms with E-state index in [9.17, 15) is 14.7 Å². The number of hydrogen-bond acceptors (Lipinski definition) is 5. The number of amides is 1. The van der Waals surface area contributed by atoms with E-state index in [2.05, 4.69) is 0 Å². The molecule has 0 saturated heterocycles. The Labute approximate surface area is 185 Å². The number of carbonyl (C=O) groups is 2. The van der Waals surface area contributed by atoms with Crippen molar-refractivity contribution in [1.82, 2.24) is 9.47 Å². The summed E-state index contributed by atoms with van der Waals surface area (Å²) in [7, 11) is 4.63. The quantitative estimate of drug-likeness (QED) is 0.610. The van der Waals surface area contributed by atoms with Crippen LogP contribution in [0.15, 0.2) is 36.4 Å². The van der Waals surface area contributed by atoms with Crippen LogP contribution in [0.5, 0.6) is 17.2 Å². The molecule has 0 spiro atoms. The van der Waals surface area contributed by atoms with Crippen LogP contribution in [-0.4, -0.2) is 54.3 Å². The van der Waals surface area contributed by atoms with Crippen LogP contribution < -0.4 is 14.2 Å². The lowest BCUT2D eigenvalue weighted by Crippen LogP contribution is -2.37. The van der Waals surface area contributed by atoms with Gasteiger partial charge in [0.15, 0.2) is 11.5 Å². The number of methoxy groups -OCH3 is 3. The topological polar surface area (TPSA) is 90.2 Å². The number of carboxylic acids is 1. The van der Waals surface area contributed by atoms with Crippen molar-refractivity contribution in [3.05, 3.63) is 53.2 Å². The van der Waals surface area contributed by atoms with Crippen molar-refractivity contribution in [2.45, 2.75) is 25.9 Å². The van der Waals surface area contributed by atoms with Gasteiger partial charge in [0.25, 0.3) is 0 Å². The lowest BCUT2D eigenvalue weighted by atomic mass is 10.0. The Morgan fingerprint density at radius 3 is 2.34 bits per heavy atom. The fourth-order valence-corrected chi connectivity index (χ4v) is 4.45. The lowest BCUT2D eigenvalue weighted by Gasteiger charge is -2.28. The van der Waals surface area contributed by atoms with Gasteiger partial charge in [-0.3, -0.25) is 9.59 Å². The van der Waals surface area contributed by atoms with Crippen LogP contribution in [-0.2, 0) is 35.5 Å². The van der Waals surface area contributed by atoms with Gasteiger partial charge in [0.05, 0.1) is 27.8 Å². The number of benzene rings is 2. The molecule has 4 rings (SSSR count). The van der Waals surface area contributed by atoms with E-state index >= 15 is 0 Å². The minimum absolute atomic E-state index is 0.0139. The minimum Gasteiger partial charge on any atom is -0.493 e. The Bertz CT molecular complexity index is 1160. The van der Waals surface area contributed by atoms with Crippen molar-refractivity contribution in [2.24, 2.45) is 0 Å². The summed E-state index contributed by atoms with van der Waals surface area (Å²) >= 11 is 0. The molecule has 2 aromatic carbocycles. The Morgan fingerprint density at radius 1 is 1.03 bits per heavy atom. The first kappa shape index (κ1) is 21.5. The van der Waals surface area contributed by atoms with Gasteiger partial charge < -0.3 is 28.8 Å². The molecule has 0 atom stereocenters. The van der Waals surface area contributed by atoms with E-state index in [-0.39, 0.29) is 18.9 Å². The fraction of sp³-hybridized carbons (Fsp3) is 0.333. The number of fused-ring (bicyclic) bond motifs is 3. The maximum absolute atomic E-state index is 13.2. The van der Waals surface area contributed by atoms with Gasteiger partial charge in [0.1, 0.15) is 6.54 Å². The van der Waals surface area contributed by atoms with E-state index in [1.807, 2.05) is 33.7 Å². The van der Waals surface area contributed by atoms with E-state index in [0.29, 0.717) is 36.8 Å². The Hall–Kier alpha value is -3.68. The molecule has 0 saturated carbocycles. The molecule has 0 fully saturated rings. The molecule has 2 heterocycles. The highest BCUT2D eigenvalue weighted by atomic mass is 16.5. The van der Waals surface area contributed by atoms with Crippen molar-refractivity contribution in [2.75, 3.05) is 27.9 Å². The maximum atomic E-state index is 13.2. The molecular formula is C24H26N2O6. The second kappa shape index (κ2) is 8.82. The predicted molar refractivity (Wildman–Crippen MR) is 118 cm³/mol. The normalized spacial score (nSPS) is 13.0. The van der Waals surface area contributed by atoms with Crippen LogP contribution in [0.3, 0.4) is 0 Å². The van der Waals surface area contributed by atoms with E-state index in [1.54, 1.807) is 26.4 Å². The number of para-hydroxylation sites is 1. The number of aliphatic carboxylic acids is 1. The van der Waals surface area contributed by atoms with E-state index < -0.39 is 5.97 Å². The number of carbonyl (C=O) groups excluding carboxylic acids is 1. The molecule has 1 aromatic heterocycles. The van der Waals surface area contributed by atoms with Crippen LogP contribution in [0, 0.1) is 0 Å². The molecule has 1 aliphatic rings. The third-order valence-electron chi connectivity index (χ3n) is 5.89. The first-order valence-electron chi connectivity index (χ1n) is 10.3. The van der Waals surface area contributed by atoms with E-state index in [4.69, 9.17) is 14.2 Å². The zero-order chi connectivity index (χ0) is 22.8. The monoisotopic (exact) mass is 438 g/mol. The van der Waals surface area contributed by atoms with Crippen LogP contribution in [0.4, 0.5) is 0 Å². The summed E-state index contributed by atoms with van der Waals surface area (Å²) in [6.07, 6.45) is 0.804. The molecule has 8 nitrogen and oxygen atoms in total. The molecule has 1 aliphatic heterocycles. The second-order valence-corrected chi connectivity index (χ2v) is 7.70. The van der Waals surface area contributed by atoms with Crippen LogP contribution in [0.1, 0.15) is 16.8 Å². The summed E-state index contributed by atoms with van der Waals surface area (Å²) in [6.45, 7) is 0.896. The Morgan fingerprint density at radius 2 is 1.72 bits per heavy atom. The van der Waals surface area contributed by atoms with Gasteiger partial charge in [-0.25, -0.2) is 0 Å². The van der Waals surface area contributed by atoms with Gasteiger partial charge >= 0.3 is 5.97 Å². The molecule has 0 aliphatic carbocycles. The molecule has 8 heteroatoms. The van der Waals surface area contributed by atoms with Gasteiger partial charge in [-0.1, -0.05) is 18.2 Å². The second-order valence-electron chi connectivity index (χ2n) is 7.70. The summed E-state index contributed by atoms with van der Waals surface area (Å²) in [5.74, 6) is 0.606. The van der Waals surface area contributed by atoms with Gasteiger partial charge in [-0.2, -0.15) is 0 Å². The SMILES string of the molecule is COc1cc(CC(=O)N2CCc3c(c4ccccc4n3CC(=O)O)C2)cc(OC)c1OC. The van der Waals surface area contributed by atoms with E-state index in [1.165, 1.54) is 7.11 Å². The number of nitrogens with zero attached hydrogens (tertiary/aromatic N) is 2. The average molecular weight is 438 g/mol. The van der Waals surface area contributed by atoms with Crippen molar-refractivity contribution >= 4 is 22.8 Å². The van der Waals surface area contributed by atoms with Crippen molar-refractivity contribution in [1.29, 1.82) is 0 Å². The molecule has 32 heavy (non-hydrogen) atoms. The van der Waals surface area contributed by atoms with Gasteiger partial charge in [0.2, 0.25) is 11.7 Å². The summed E-state index contributed by atoms with van der Waals surface area (Å²) in [5.41, 5.74) is 3.67. The number of rotatable bonds is 7. The van der Waals surface area contributed by atoms with Crippen LogP contribution >= 0.6 is 0 Å². The predicted octanol–water partition coefficient (Wildman–Crippen LogP) is 2.88. The molecule has 1 N–H and O–H groups in total. The molecule has 1 amide bonds. The lowest BCUT2D eigenvalue weighted by molar-refractivity contribution is -0.137. The van der Waals surface area contributed by atoms with Gasteiger partial charge in [-0.05, 0) is 23.8 Å². The summed E-state index contributed by atoms with van der Waals surface area (Å²) < 4.78 is 18.0. The van der Waals surface area contributed by atoms with Gasteiger partial charge in [-0.15, -0.1) is 0 Å². The van der Waals surface area contributed by atoms with Gasteiger partial charge in [0, 0.05) is 41.7 Å². The number of aromatic nitrogens is 1. The third kappa shape index (κ3) is 3.84. The molecular weight excluding hydrogens is 412 g/mol. The average Bonchev–Trinajstić information content (AvgIpc) is 3.10. The van der Waals surface area contributed by atoms with Crippen molar-refractivity contribution in [3.63, 3.8) is 0 Å². The number of hydrogen-bond donors (Lipinski definition) is 1. The molecule has 0 bridgehead atoms. The van der Waals surface area contributed by atoms with E-state index in [0.717, 1.165) is 27.7 Å². The third-order valence-corrected chi connectivity index (χ3v) is 5.89. The number of ether oxygens (including phenoxy) is 3. The first-order valence-corrected chi connectivity index (χ1v) is 10.3. The van der Waals surface area contributed by atoms with Crippen molar-refractivity contribution in [3.8, 4) is 17.2 Å². The largest absolute Gasteiger partial charge is 0.493 e. The smallest absolute Gasteiger partial charge is 0.323 e.